The maximum absolute atomic E-state index is 12.5. The highest BCUT2D eigenvalue weighted by Gasteiger charge is 2.31. The Kier molecular flexibility index (Phi) is 5.34. The van der Waals surface area contributed by atoms with Crippen molar-refractivity contribution in [1.82, 2.24) is 4.57 Å². The van der Waals surface area contributed by atoms with E-state index in [2.05, 4.69) is 0 Å². The quantitative estimate of drug-likeness (QED) is 0.554. The molecule has 6 nitrogen and oxygen atoms in total. The van der Waals surface area contributed by atoms with Crippen LogP contribution in [-0.2, 0) is 25.8 Å². The molecule has 1 aliphatic rings. The molecule has 2 aromatic rings. The molecule has 0 aromatic carbocycles. The third-order valence-corrected chi connectivity index (χ3v) is 7.25. The van der Waals surface area contributed by atoms with Crippen LogP contribution in [0.5, 0.6) is 0 Å². The van der Waals surface area contributed by atoms with Crippen LogP contribution in [0.4, 0.5) is 0 Å². The Labute approximate surface area is 156 Å². The fourth-order valence-corrected chi connectivity index (χ4v) is 5.82. The van der Waals surface area contributed by atoms with Crippen LogP contribution in [0.25, 0.3) is 0 Å². The molecular weight excluding hydrogens is 374 g/mol. The summed E-state index contributed by atoms with van der Waals surface area (Å²) in [7, 11) is -3.01. The van der Waals surface area contributed by atoms with Crippen LogP contribution in [0.1, 0.15) is 39.1 Å². The Hall–Kier alpha value is -1.93. The molecule has 0 radical (unpaired) electrons. The number of carbonyl (C=O) groups excluding carboxylic acids is 2. The average molecular weight is 396 g/mol. The summed E-state index contributed by atoms with van der Waals surface area (Å²) in [6, 6.07) is 5.31. The Bertz CT molecular complexity index is 925. The number of hydrogen-bond donors (Lipinski definition) is 0. The number of sulfone groups is 1. The van der Waals surface area contributed by atoms with Gasteiger partial charge in [-0.05, 0) is 37.8 Å². The lowest BCUT2D eigenvalue weighted by Crippen LogP contribution is -2.17. The van der Waals surface area contributed by atoms with Gasteiger partial charge in [0.05, 0.1) is 17.9 Å². The molecule has 0 aliphatic carbocycles. The van der Waals surface area contributed by atoms with Crippen molar-refractivity contribution in [2.24, 2.45) is 0 Å². The van der Waals surface area contributed by atoms with Crippen molar-refractivity contribution in [3.63, 3.8) is 0 Å². The Balaban J connectivity index is 1.66. The van der Waals surface area contributed by atoms with Crippen molar-refractivity contribution in [3.05, 3.63) is 45.4 Å². The highest BCUT2D eigenvalue weighted by Crippen LogP contribution is 2.29. The van der Waals surface area contributed by atoms with E-state index in [-0.39, 0.29) is 36.4 Å². The number of nitrogens with zero attached hydrogens (tertiary/aromatic N) is 1. The molecule has 1 unspecified atom stereocenters. The summed E-state index contributed by atoms with van der Waals surface area (Å²) in [5, 5.41) is 1.88. The van der Waals surface area contributed by atoms with Gasteiger partial charge in [0, 0.05) is 27.9 Å². The highest BCUT2D eigenvalue weighted by molar-refractivity contribution is 7.91. The van der Waals surface area contributed by atoms with E-state index in [1.165, 1.54) is 11.3 Å². The van der Waals surface area contributed by atoms with Crippen LogP contribution >= 0.6 is 11.3 Å². The minimum absolute atomic E-state index is 0.104. The first-order chi connectivity index (χ1) is 12.3. The molecule has 1 atom stereocenters. The van der Waals surface area contributed by atoms with E-state index in [0.29, 0.717) is 12.0 Å². The van der Waals surface area contributed by atoms with E-state index in [4.69, 9.17) is 4.74 Å². The molecule has 1 saturated heterocycles. The van der Waals surface area contributed by atoms with Crippen LogP contribution in [0.15, 0.2) is 23.6 Å². The predicted octanol–water partition coefficient (Wildman–Crippen LogP) is 2.49. The summed E-state index contributed by atoms with van der Waals surface area (Å²) in [5.74, 6) is -0.424. The number of thiophene rings is 1. The summed E-state index contributed by atoms with van der Waals surface area (Å²) < 4.78 is 30.5. The Morgan fingerprint density at radius 1 is 1.35 bits per heavy atom. The molecule has 1 aliphatic heterocycles. The third kappa shape index (κ3) is 4.07. The summed E-state index contributed by atoms with van der Waals surface area (Å²) in [5.41, 5.74) is 2.05. The summed E-state index contributed by atoms with van der Waals surface area (Å²) in [4.78, 5) is 25.2. The van der Waals surface area contributed by atoms with Gasteiger partial charge >= 0.3 is 5.97 Å². The van der Waals surface area contributed by atoms with E-state index in [9.17, 15) is 18.0 Å². The lowest BCUT2D eigenvalue weighted by molar-refractivity contribution is -0.141. The van der Waals surface area contributed by atoms with Gasteiger partial charge in [-0.2, -0.15) is 0 Å². The fraction of sp³-hybridized carbons (Fsp3) is 0.444. The zero-order valence-electron chi connectivity index (χ0n) is 14.7. The molecule has 0 amide bonds. The van der Waals surface area contributed by atoms with Gasteiger partial charge in [0.15, 0.2) is 16.4 Å². The fourth-order valence-electron chi connectivity index (χ4n) is 3.43. The molecule has 0 bridgehead atoms. The molecular formula is C18H21NO5S2. The number of rotatable bonds is 6. The van der Waals surface area contributed by atoms with Crippen molar-refractivity contribution >= 4 is 32.9 Å². The van der Waals surface area contributed by atoms with Gasteiger partial charge < -0.3 is 9.30 Å². The van der Waals surface area contributed by atoms with Crippen LogP contribution < -0.4 is 0 Å². The van der Waals surface area contributed by atoms with Crippen molar-refractivity contribution in [3.8, 4) is 0 Å². The molecule has 3 rings (SSSR count). The lowest BCUT2D eigenvalue weighted by atomic mass is 10.1. The Morgan fingerprint density at radius 3 is 2.73 bits per heavy atom. The first-order valence-corrected chi connectivity index (χ1v) is 11.1. The SMILES string of the molecule is Cc1cc(C(=O)COC(=O)Cc2cccs2)c(C)n1C1CCS(=O)(=O)C1. The number of ketones is 1. The maximum atomic E-state index is 12.5. The number of aryl methyl sites for hydroxylation is 1. The molecule has 26 heavy (non-hydrogen) atoms. The summed E-state index contributed by atoms with van der Waals surface area (Å²) in [6.45, 7) is 3.35. The number of aromatic nitrogens is 1. The lowest BCUT2D eigenvalue weighted by Gasteiger charge is -2.16. The number of hydrogen-bond acceptors (Lipinski definition) is 6. The second-order valence-corrected chi connectivity index (χ2v) is 9.81. The maximum Gasteiger partial charge on any atom is 0.311 e. The second kappa shape index (κ2) is 7.36. The predicted molar refractivity (Wildman–Crippen MR) is 99.5 cm³/mol. The van der Waals surface area contributed by atoms with E-state index >= 15 is 0 Å². The van der Waals surface area contributed by atoms with Gasteiger partial charge in [0.1, 0.15) is 0 Å². The molecule has 0 N–H and O–H groups in total. The van der Waals surface area contributed by atoms with Gasteiger partial charge in [-0.3, -0.25) is 9.59 Å². The smallest absolute Gasteiger partial charge is 0.311 e. The topological polar surface area (TPSA) is 82.4 Å². The first-order valence-electron chi connectivity index (χ1n) is 8.37. The molecule has 8 heteroatoms. The minimum Gasteiger partial charge on any atom is -0.457 e. The van der Waals surface area contributed by atoms with Crippen LogP contribution in [-0.4, -0.2) is 42.9 Å². The third-order valence-electron chi connectivity index (χ3n) is 4.62. The molecule has 140 valence electrons. The zero-order valence-corrected chi connectivity index (χ0v) is 16.4. The van der Waals surface area contributed by atoms with Crippen LogP contribution in [0.3, 0.4) is 0 Å². The standard InChI is InChI=1S/C18H21NO5S2/c1-12-8-16(13(2)19(12)14-5-7-26(22,23)11-14)17(20)10-24-18(21)9-15-4-3-6-25-15/h3-4,6,8,14H,5,7,9-11H2,1-2H3. The van der Waals surface area contributed by atoms with Crippen molar-refractivity contribution in [1.29, 1.82) is 0 Å². The monoisotopic (exact) mass is 395 g/mol. The van der Waals surface area contributed by atoms with Crippen molar-refractivity contribution in [2.45, 2.75) is 32.7 Å². The van der Waals surface area contributed by atoms with Crippen molar-refractivity contribution in [2.75, 3.05) is 18.1 Å². The van der Waals surface area contributed by atoms with E-state index in [1.807, 2.05) is 29.0 Å². The number of esters is 1. The van der Waals surface area contributed by atoms with Crippen LogP contribution in [0, 0.1) is 13.8 Å². The van der Waals surface area contributed by atoms with E-state index < -0.39 is 15.8 Å². The van der Waals surface area contributed by atoms with Crippen LogP contribution in [0.2, 0.25) is 0 Å². The number of Topliss-reactive ketones (excluding diaryl/α,β-unsaturated/α-hetero) is 1. The minimum atomic E-state index is -3.01. The normalized spacial score (nSPS) is 18.8. The number of ether oxygens (including phenoxy) is 1. The highest BCUT2D eigenvalue weighted by atomic mass is 32.2. The summed E-state index contributed by atoms with van der Waals surface area (Å²) in [6.07, 6.45) is 0.714. The molecule has 1 fully saturated rings. The van der Waals surface area contributed by atoms with Gasteiger partial charge in [0.2, 0.25) is 5.78 Å². The number of carbonyl (C=O) groups is 2. The molecule has 2 aromatic heterocycles. The zero-order chi connectivity index (χ0) is 18.9. The van der Waals surface area contributed by atoms with E-state index in [1.54, 1.807) is 13.0 Å². The van der Waals surface area contributed by atoms with Gasteiger partial charge in [0.25, 0.3) is 0 Å². The van der Waals surface area contributed by atoms with Gasteiger partial charge in [-0.15, -0.1) is 11.3 Å². The van der Waals surface area contributed by atoms with Gasteiger partial charge in [-0.1, -0.05) is 6.07 Å². The van der Waals surface area contributed by atoms with Crippen molar-refractivity contribution < 1.29 is 22.7 Å². The first kappa shape index (κ1) is 18.8. The molecule has 3 heterocycles. The summed E-state index contributed by atoms with van der Waals surface area (Å²) >= 11 is 1.47. The largest absolute Gasteiger partial charge is 0.457 e. The van der Waals surface area contributed by atoms with Gasteiger partial charge in [-0.25, -0.2) is 8.42 Å². The molecule has 0 spiro atoms. The molecule has 0 saturated carbocycles. The van der Waals surface area contributed by atoms with E-state index in [0.717, 1.165) is 16.3 Å². The average Bonchev–Trinajstić information content (AvgIpc) is 3.25. The second-order valence-electron chi connectivity index (χ2n) is 6.55. The Morgan fingerprint density at radius 2 is 2.12 bits per heavy atom.